The van der Waals surface area contributed by atoms with Crippen molar-refractivity contribution in [3.63, 3.8) is 0 Å². The first-order valence-corrected chi connectivity index (χ1v) is 7.49. The zero-order valence-corrected chi connectivity index (χ0v) is 12.9. The van der Waals surface area contributed by atoms with Crippen molar-refractivity contribution in [3.05, 3.63) is 23.6 Å². The van der Waals surface area contributed by atoms with Gasteiger partial charge in [-0.2, -0.15) is 0 Å². The second-order valence-corrected chi connectivity index (χ2v) is 5.62. The molecule has 1 aromatic carbocycles. The van der Waals surface area contributed by atoms with Crippen LogP contribution in [0.1, 0.15) is 26.2 Å². The van der Waals surface area contributed by atoms with Gasteiger partial charge in [0.05, 0.1) is 18.0 Å². The van der Waals surface area contributed by atoms with E-state index in [1.807, 2.05) is 17.2 Å². The van der Waals surface area contributed by atoms with Crippen LogP contribution in [0.5, 0.6) is 11.5 Å². The number of fused-ring (bicyclic) bond motifs is 1. The van der Waals surface area contributed by atoms with E-state index in [2.05, 4.69) is 16.9 Å². The molecule has 3 rings (SSSR count). The van der Waals surface area contributed by atoms with Crippen molar-refractivity contribution in [1.82, 2.24) is 15.0 Å². The van der Waals surface area contributed by atoms with E-state index < -0.39 is 0 Å². The molecule has 0 N–H and O–H groups in total. The number of ether oxygens (including phenoxy) is 1. The first-order valence-electron chi connectivity index (χ1n) is 7.12. The molecule has 21 heavy (non-hydrogen) atoms. The molecule has 1 aliphatic heterocycles. The number of halogens is 1. The second kappa shape index (κ2) is 6.03. The summed E-state index contributed by atoms with van der Waals surface area (Å²) in [6, 6.07) is 4.04. The fourth-order valence-electron chi connectivity index (χ4n) is 2.62. The molecule has 6 heteroatoms. The number of aromatic nitrogens is 2. The maximum Gasteiger partial charge on any atom is 0.163 e. The topological polar surface area (TPSA) is 47.5 Å². The Morgan fingerprint density at radius 3 is 2.90 bits per heavy atom. The van der Waals surface area contributed by atoms with E-state index in [0.717, 1.165) is 24.8 Å². The summed E-state index contributed by atoms with van der Waals surface area (Å²) in [7, 11) is 1.62. The largest absolute Gasteiger partial charge is 0.497 e. The van der Waals surface area contributed by atoms with Gasteiger partial charge in [-0.1, -0.05) is 18.0 Å². The van der Waals surface area contributed by atoms with Crippen molar-refractivity contribution in [2.75, 3.05) is 13.7 Å². The third-order valence-corrected chi connectivity index (χ3v) is 4.11. The Balaban J connectivity index is 2.03. The number of piperidine rings is 1. The zero-order chi connectivity index (χ0) is 14.8. The van der Waals surface area contributed by atoms with Gasteiger partial charge in [0.15, 0.2) is 5.75 Å². The third-order valence-electron chi connectivity index (χ3n) is 3.82. The van der Waals surface area contributed by atoms with Crippen molar-refractivity contribution >= 4 is 22.5 Å². The van der Waals surface area contributed by atoms with Gasteiger partial charge >= 0.3 is 0 Å². The van der Waals surface area contributed by atoms with Crippen LogP contribution in [0, 0.1) is 0 Å². The maximum atomic E-state index is 6.22. The van der Waals surface area contributed by atoms with Crippen molar-refractivity contribution in [2.24, 2.45) is 0 Å². The Morgan fingerprint density at radius 1 is 1.29 bits per heavy atom. The molecule has 1 unspecified atom stereocenters. The molecule has 1 aliphatic rings. The molecule has 0 amide bonds. The molecule has 1 saturated heterocycles. The van der Waals surface area contributed by atoms with E-state index in [1.165, 1.54) is 12.7 Å². The molecule has 1 aromatic heterocycles. The predicted octanol–water partition coefficient (Wildman–Crippen LogP) is 3.46. The summed E-state index contributed by atoms with van der Waals surface area (Å²) in [6.45, 7) is 3.07. The Morgan fingerprint density at radius 2 is 2.14 bits per heavy atom. The van der Waals surface area contributed by atoms with E-state index in [4.69, 9.17) is 21.2 Å². The summed E-state index contributed by atoms with van der Waals surface area (Å²) in [5, 5.41) is 3.11. The Kier molecular flexibility index (Phi) is 4.12. The lowest BCUT2D eigenvalue weighted by atomic mass is 10.1. The molecule has 0 spiro atoms. The van der Waals surface area contributed by atoms with E-state index in [-0.39, 0.29) is 0 Å². The predicted molar refractivity (Wildman–Crippen MR) is 81.7 cm³/mol. The van der Waals surface area contributed by atoms with Crippen LogP contribution in [0.25, 0.3) is 10.9 Å². The standard InChI is InChI=1S/C15H18ClN3O2/c1-10-5-3-4-6-19(10)21-13-8-11(20-2)7-12-14(13)15(16)18-9-17-12/h7-10H,3-6H2,1-2H3. The van der Waals surface area contributed by atoms with Crippen molar-refractivity contribution in [2.45, 2.75) is 32.2 Å². The number of nitrogens with zero attached hydrogens (tertiary/aromatic N) is 3. The number of hydroxylamine groups is 2. The molecule has 0 bridgehead atoms. The van der Waals surface area contributed by atoms with Gasteiger partial charge in [-0.3, -0.25) is 0 Å². The van der Waals surface area contributed by atoms with Crippen LogP contribution in [0.4, 0.5) is 0 Å². The summed E-state index contributed by atoms with van der Waals surface area (Å²) >= 11 is 6.22. The fourth-order valence-corrected chi connectivity index (χ4v) is 2.85. The smallest absolute Gasteiger partial charge is 0.163 e. The van der Waals surface area contributed by atoms with Gasteiger partial charge in [0, 0.05) is 24.7 Å². The summed E-state index contributed by atoms with van der Waals surface area (Å²) in [5.74, 6) is 1.33. The van der Waals surface area contributed by atoms with Gasteiger partial charge in [-0.25, -0.2) is 9.97 Å². The van der Waals surface area contributed by atoms with Gasteiger partial charge in [-0.15, -0.1) is 5.06 Å². The summed E-state index contributed by atoms with van der Waals surface area (Å²) in [6.07, 6.45) is 4.95. The molecular weight excluding hydrogens is 290 g/mol. The Labute approximate surface area is 128 Å². The van der Waals surface area contributed by atoms with Crippen molar-refractivity contribution in [1.29, 1.82) is 0 Å². The number of rotatable bonds is 3. The van der Waals surface area contributed by atoms with E-state index in [0.29, 0.717) is 28.2 Å². The Hall–Kier alpha value is -1.59. The zero-order valence-electron chi connectivity index (χ0n) is 12.2. The highest BCUT2D eigenvalue weighted by Gasteiger charge is 2.22. The van der Waals surface area contributed by atoms with Crippen LogP contribution < -0.4 is 9.57 Å². The van der Waals surface area contributed by atoms with E-state index >= 15 is 0 Å². The fraction of sp³-hybridized carbons (Fsp3) is 0.467. The number of hydrogen-bond acceptors (Lipinski definition) is 5. The van der Waals surface area contributed by atoms with Crippen LogP contribution in [0.15, 0.2) is 18.5 Å². The first kappa shape index (κ1) is 14.4. The van der Waals surface area contributed by atoms with Crippen LogP contribution in [-0.4, -0.2) is 34.7 Å². The number of benzene rings is 1. The summed E-state index contributed by atoms with van der Waals surface area (Å²) in [4.78, 5) is 14.4. The normalized spacial score (nSPS) is 19.7. The van der Waals surface area contributed by atoms with Crippen LogP contribution in [0.2, 0.25) is 5.15 Å². The quantitative estimate of drug-likeness (QED) is 0.813. The molecule has 0 aliphatic carbocycles. The van der Waals surface area contributed by atoms with Crippen LogP contribution >= 0.6 is 11.6 Å². The molecule has 112 valence electrons. The van der Waals surface area contributed by atoms with Gasteiger partial charge in [0.1, 0.15) is 17.2 Å². The van der Waals surface area contributed by atoms with Gasteiger partial charge in [0.2, 0.25) is 0 Å². The number of methoxy groups -OCH3 is 1. The molecule has 1 fully saturated rings. The van der Waals surface area contributed by atoms with Crippen molar-refractivity contribution < 1.29 is 9.57 Å². The lowest BCUT2D eigenvalue weighted by Crippen LogP contribution is -2.39. The minimum atomic E-state index is 0.378. The highest BCUT2D eigenvalue weighted by Crippen LogP contribution is 2.35. The molecule has 2 heterocycles. The van der Waals surface area contributed by atoms with E-state index in [1.54, 1.807) is 7.11 Å². The highest BCUT2D eigenvalue weighted by molar-refractivity contribution is 6.34. The second-order valence-electron chi connectivity index (χ2n) is 5.26. The summed E-state index contributed by atoms with van der Waals surface area (Å²) in [5.41, 5.74) is 0.717. The average Bonchev–Trinajstić information content (AvgIpc) is 2.49. The average molecular weight is 308 g/mol. The van der Waals surface area contributed by atoms with Gasteiger partial charge in [-0.05, 0) is 19.8 Å². The SMILES string of the molecule is COc1cc(ON2CCCCC2C)c2c(Cl)ncnc2c1. The molecule has 5 nitrogen and oxygen atoms in total. The van der Waals surface area contributed by atoms with Crippen molar-refractivity contribution in [3.8, 4) is 11.5 Å². The van der Waals surface area contributed by atoms with Crippen LogP contribution in [-0.2, 0) is 0 Å². The third kappa shape index (κ3) is 2.89. The highest BCUT2D eigenvalue weighted by atomic mass is 35.5. The monoisotopic (exact) mass is 307 g/mol. The minimum absolute atomic E-state index is 0.378. The summed E-state index contributed by atoms with van der Waals surface area (Å²) < 4.78 is 5.32. The van der Waals surface area contributed by atoms with Gasteiger partial charge in [0.25, 0.3) is 0 Å². The number of hydrogen-bond donors (Lipinski definition) is 0. The lowest BCUT2D eigenvalue weighted by Gasteiger charge is -2.32. The van der Waals surface area contributed by atoms with E-state index in [9.17, 15) is 0 Å². The van der Waals surface area contributed by atoms with Gasteiger partial charge < -0.3 is 9.57 Å². The molecular formula is C15H18ClN3O2. The molecule has 1 atom stereocenters. The lowest BCUT2D eigenvalue weighted by molar-refractivity contribution is -0.105. The maximum absolute atomic E-state index is 6.22. The molecule has 2 aromatic rings. The minimum Gasteiger partial charge on any atom is -0.497 e. The Bertz CT molecular complexity index is 650. The molecule has 0 saturated carbocycles. The van der Waals surface area contributed by atoms with Crippen LogP contribution in [0.3, 0.4) is 0 Å². The first-order chi connectivity index (χ1) is 10.2. The molecule has 0 radical (unpaired) electrons.